The number of nitrogens with zero attached hydrogens (tertiary/aromatic N) is 3. The topological polar surface area (TPSA) is 97.6 Å². The molecule has 0 spiro atoms. The van der Waals surface area contributed by atoms with Crippen LogP contribution in [0.4, 0.5) is 26.7 Å². The molecule has 2 aromatic rings. The fourth-order valence-corrected chi connectivity index (χ4v) is 5.24. The van der Waals surface area contributed by atoms with Gasteiger partial charge in [0.2, 0.25) is 11.8 Å². The van der Waals surface area contributed by atoms with Gasteiger partial charge in [0, 0.05) is 19.3 Å². The second kappa shape index (κ2) is 11.5. The van der Waals surface area contributed by atoms with Crippen molar-refractivity contribution in [3.63, 3.8) is 0 Å². The van der Waals surface area contributed by atoms with Gasteiger partial charge in [0.05, 0.1) is 36.6 Å². The van der Waals surface area contributed by atoms with Crippen molar-refractivity contribution in [1.82, 2.24) is 25.2 Å². The smallest absolute Gasteiger partial charge is 0.408 e. The number of hydrogen-bond acceptors (Lipinski definition) is 5. The molecule has 0 bridgehead atoms. The van der Waals surface area contributed by atoms with Crippen molar-refractivity contribution in [1.29, 1.82) is 0 Å². The lowest BCUT2D eigenvalue weighted by Gasteiger charge is -2.34. The van der Waals surface area contributed by atoms with Crippen LogP contribution in [0.2, 0.25) is 0 Å². The molecule has 1 unspecified atom stereocenters. The lowest BCUT2D eigenvalue weighted by Crippen LogP contribution is -2.40. The molecule has 2 aliphatic rings. The number of hydrogen-bond donors (Lipinski definition) is 2. The highest BCUT2D eigenvalue weighted by Gasteiger charge is 2.40. The van der Waals surface area contributed by atoms with Gasteiger partial charge in [-0.15, -0.1) is 0 Å². The van der Waals surface area contributed by atoms with Crippen LogP contribution in [0.3, 0.4) is 0 Å². The van der Waals surface area contributed by atoms with Gasteiger partial charge in [-0.2, -0.15) is 18.3 Å². The number of alkyl carbamates (subject to hydrolysis) is 1. The van der Waals surface area contributed by atoms with Crippen molar-refractivity contribution in [2.75, 3.05) is 0 Å². The van der Waals surface area contributed by atoms with Crippen LogP contribution in [0, 0.1) is 11.8 Å². The molecule has 2 aliphatic carbocycles. The Hall–Kier alpha value is -2.99. The third-order valence-electron chi connectivity index (χ3n) is 7.52. The summed E-state index contributed by atoms with van der Waals surface area (Å²) in [7, 11) is 0. The monoisotopic (exact) mass is 573 g/mol. The maximum Gasteiger partial charge on any atom is 0.408 e. The molecule has 2 fully saturated rings. The fourth-order valence-electron chi connectivity index (χ4n) is 5.24. The zero-order valence-electron chi connectivity index (χ0n) is 22.9. The molecule has 2 aromatic heterocycles. The number of rotatable bonds is 8. The van der Waals surface area contributed by atoms with Gasteiger partial charge in [0.25, 0.3) is 0 Å². The molecule has 2 atom stereocenters. The van der Waals surface area contributed by atoms with E-state index in [2.05, 4.69) is 20.7 Å². The minimum Gasteiger partial charge on any atom is -0.444 e. The van der Waals surface area contributed by atoms with E-state index in [1.807, 2.05) is 0 Å². The molecule has 222 valence electrons. The summed E-state index contributed by atoms with van der Waals surface area (Å²) in [6.07, 6.45) is -1.41. The Kier molecular flexibility index (Phi) is 8.60. The number of carbonyl (C=O) groups is 2. The molecule has 0 saturated heterocycles. The normalized spacial score (nSPS) is 20.0. The number of nitrogens with one attached hydrogen (secondary N) is 2. The number of carbonyl (C=O) groups excluding carboxylic acids is 2. The largest absolute Gasteiger partial charge is 0.444 e. The first kappa shape index (κ1) is 30.0. The number of ether oxygens (including phenoxy) is 1. The van der Waals surface area contributed by atoms with E-state index < -0.39 is 54.6 Å². The summed E-state index contributed by atoms with van der Waals surface area (Å²) >= 11 is 0. The lowest BCUT2D eigenvalue weighted by molar-refractivity contribution is -0.144. The van der Waals surface area contributed by atoms with Crippen LogP contribution in [0.1, 0.15) is 102 Å². The SMILES string of the molecule is CC(C)(C)OC(=O)N[C@H](c1cn2ncc(C(NC(=O)CCC(F)(F)F)C3CCC3)cc2n1)C1CCC(F)(F)CC1. The van der Waals surface area contributed by atoms with Crippen LogP contribution in [-0.2, 0) is 9.53 Å². The van der Waals surface area contributed by atoms with E-state index in [1.54, 1.807) is 39.2 Å². The van der Waals surface area contributed by atoms with Gasteiger partial charge in [-0.1, -0.05) is 6.42 Å². The molecule has 40 heavy (non-hydrogen) atoms. The number of amides is 2. The van der Waals surface area contributed by atoms with Gasteiger partial charge in [-0.05, 0) is 69.9 Å². The summed E-state index contributed by atoms with van der Waals surface area (Å²) in [6.45, 7) is 5.17. The van der Waals surface area contributed by atoms with Crippen LogP contribution in [0.5, 0.6) is 0 Å². The number of aromatic nitrogens is 3. The number of alkyl halides is 5. The molecule has 13 heteroatoms. The summed E-state index contributed by atoms with van der Waals surface area (Å²) in [5.41, 5.74) is 0.687. The molecule has 2 saturated carbocycles. The molecule has 2 heterocycles. The van der Waals surface area contributed by atoms with E-state index in [0.717, 1.165) is 19.3 Å². The lowest BCUT2D eigenvalue weighted by atomic mass is 9.77. The fraction of sp³-hybridized carbons (Fsp3) is 0.704. The summed E-state index contributed by atoms with van der Waals surface area (Å²) in [6, 6.07) is 0.507. The predicted octanol–water partition coefficient (Wildman–Crippen LogP) is 6.42. The van der Waals surface area contributed by atoms with E-state index in [0.29, 0.717) is 16.9 Å². The number of fused-ring (bicyclic) bond motifs is 1. The Morgan fingerprint density at radius 1 is 1.07 bits per heavy atom. The number of halogens is 5. The predicted molar refractivity (Wildman–Crippen MR) is 136 cm³/mol. The summed E-state index contributed by atoms with van der Waals surface area (Å²) in [4.78, 5) is 29.7. The van der Waals surface area contributed by atoms with Crippen molar-refractivity contribution in [3.05, 3.63) is 29.7 Å². The second-order valence-corrected chi connectivity index (χ2v) is 11.9. The van der Waals surface area contributed by atoms with E-state index in [4.69, 9.17) is 4.74 Å². The van der Waals surface area contributed by atoms with Crippen molar-refractivity contribution in [2.24, 2.45) is 11.8 Å². The highest BCUT2D eigenvalue weighted by molar-refractivity contribution is 5.76. The third-order valence-corrected chi connectivity index (χ3v) is 7.52. The third kappa shape index (κ3) is 8.03. The number of imidazole rings is 1. The zero-order valence-corrected chi connectivity index (χ0v) is 22.9. The molecule has 4 rings (SSSR count). The van der Waals surface area contributed by atoms with E-state index in [-0.39, 0.29) is 37.5 Å². The average molecular weight is 574 g/mol. The molecular weight excluding hydrogens is 537 g/mol. The molecule has 0 radical (unpaired) electrons. The van der Waals surface area contributed by atoms with Crippen molar-refractivity contribution >= 4 is 17.6 Å². The van der Waals surface area contributed by atoms with E-state index in [1.165, 1.54) is 4.52 Å². The van der Waals surface area contributed by atoms with Crippen molar-refractivity contribution in [3.8, 4) is 0 Å². The van der Waals surface area contributed by atoms with Crippen LogP contribution >= 0.6 is 0 Å². The Labute approximate surface area is 229 Å². The molecular formula is C27H36F5N5O3. The van der Waals surface area contributed by atoms with Gasteiger partial charge >= 0.3 is 12.3 Å². The quantitative estimate of drug-likeness (QED) is 0.355. The molecule has 2 N–H and O–H groups in total. The van der Waals surface area contributed by atoms with Crippen LogP contribution < -0.4 is 10.6 Å². The highest BCUT2D eigenvalue weighted by Crippen LogP contribution is 2.42. The molecule has 0 aliphatic heterocycles. The van der Waals surface area contributed by atoms with Crippen LogP contribution in [0.25, 0.3) is 5.65 Å². The zero-order chi connectivity index (χ0) is 29.3. The van der Waals surface area contributed by atoms with Gasteiger partial charge < -0.3 is 15.4 Å². The van der Waals surface area contributed by atoms with E-state index >= 15 is 0 Å². The Balaban J connectivity index is 1.58. The minimum absolute atomic E-state index is 0.0685. The standard InChI is InChI=1S/C27H36F5N5O3/c1-25(2,3)40-24(39)36-23(17-7-10-26(28,29)11-8-17)19-15-37-20(34-19)13-18(14-33-37)22(16-5-4-6-16)35-21(38)9-12-27(30,31)32/h13-17,22-23H,4-12H2,1-3H3,(H,35,38)(H,36,39)/t22?,23-/m0/s1. The highest BCUT2D eigenvalue weighted by atomic mass is 19.4. The minimum atomic E-state index is -4.42. The van der Waals surface area contributed by atoms with Gasteiger partial charge in [-0.25, -0.2) is 23.1 Å². The van der Waals surface area contributed by atoms with Crippen LogP contribution in [0.15, 0.2) is 18.5 Å². The summed E-state index contributed by atoms with van der Waals surface area (Å²) < 4.78 is 72.5. The van der Waals surface area contributed by atoms with Gasteiger partial charge in [0.1, 0.15) is 5.60 Å². The summed E-state index contributed by atoms with van der Waals surface area (Å²) in [5.74, 6) is -3.66. The van der Waals surface area contributed by atoms with Gasteiger partial charge in [0.15, 0.2) is 5.65 Å². The first-order chi connectivity index (χ1) is 18.6. The summed E-state index contributed by atoms with van der Waals surface area (Å²) in [5, 5.41) is 9.97. The van der Waals surface area contributed by atoms with Gasteiger partial charge in [-0.3, -0.25) is 4.79 Å². The van der Waals surface area contributed by atoms with E-state index in [9.17, 15) is 31.5 Å². The maximum absolute atomic E-state index is 13.9. The first-order valence-corrected chi connectivity index (χ1v) is 13.7. The van der Waals surface area contributed by atoms with Crippen molar-refractivity contribution in [2.45, 2.75) is 108 Å². The average Bonchev–Trinajstić information content (AvgIpc) is 3.21. The van der Waals surface area contributed by atoms with Crippen molar-refractivity contribution < 1.29 is 36.3 Å². The molecule has 8 nitrogen and oxygen atoms in total. The second-order valence-electron chi connectivity index (χ2n) is 11.9. The Bertz CT molecular complexity index is 1200. The first-order valence-electron chi connectivity index (χ1n) is 13.7. The Morgan fingerprint density at radius 2 is 1.73 bits per heavy atom. The van der Waals surface area contributed by atoms with Crippen LogP contribution in [-0.4, -0.2) is 44.3 Å². The molecule has 2 amide bonds. The Morgan fingerprint density at radius 3 is 2.30 bits per heavy atom. The maximum atomic E-state index is 13.9. The molecule has 0 aromatic carbocycles.